The summed E-state index contributed by atoms with van der Waals surface area (Å²) in [6, 6.07) is 0.760. The lowest BCUT2D eigenvalue weighted by Crippen LogP contribution is -2.49. The van der Waals surface area contributed by atoms with Crippen LogP contribution in [-0.2, 0) is 11.3 Å². The molecule has 0 unspecified atom stereocenters. The van der Waals surface area contributed by atoms with E-state index in [1.54, 1.807) is 24.2 Å². The van der Waals surface area contributed by atoms with Crippen molar-refractivity contribution in [1.29, 1.82) is 0 Å². The molecule has 0 spiro atoms. The second kappa shape index (κ2) is 8.88. The van der Waals surface area contributed by atoms with Crippen LogP contribution in [0.2, 0.25) is 0 Å². The van der Waals surface area contributed by atoms with E-state index < -0.39 is 0 Å². The Bertz CT molecular complexity index is 491. The van der Waals surface area contributed by atoms with Crippen LogP contribution in [0.25, 0.3) is 0 Å². The van der Waals surface area contributed by atoms with Crippen molar-refractivity contribution in [3.63, 3.8) is 0 Å². The Morgan fingerprint density at radius 2 is 2.35 bits per heavy atom. The summed E-state index contributed by atoms with van der Waals surface area (Å²) in [5.74, 6) is 0. The number of carbonyl (C=O) groups excluding carboxylic acids is 1. The van der Waals surface area contributed by atoms with Gasteiger partial charge in [-0.2, -0.15) is 5.10 Å². The maximum Gasteiger partial charge on any atom is 0.319 e. The summed E-state index contributed by atoms with van der Waals surface area (Å²) >= 11 is 0. The monoisotopic (exact) mass is 323 g/mol. The molecule has 1 aromatic rings. The van der Waals surface area contributed by atoms with Gasteiger partial charge in [0.2, 0.25) is 0 Å². The van der Waals surface area contributed by atoms with Crippen LogP contribution in [-0.4, -0.2) is 59.6 Å². The molecule has 0 saturated carbocycles. The average Bonchev–Trinajstić information content (AvgIpc) is 2.98. The number of nitrogens with zero attached hydrogens (tertiary/aromatic N) is 3. The van der Waals surface area contributed by atoms with Gasteiger partial charge in [-0.05, 0) is 33.2 Å². The minimum absolute atomic E-state index is 0.187. The normalized spacial score (nSPS) is 20.2. The summed E-state index contributed by atoms with van der Waals surface area (Å²) in [5.41, 5.74) is 0.692. The summed E-state index contributed by atoms with van der Waals surface area (Å²) in [7, 11) is 1.65. The first kappa shape index (κ1) is 17.7. The van der Waals surface area contributed by atoms with Crippen LogP contribution in [0.5, 0.6) is 0 Å². The predicted octanol–water partition coefficient (Wildman–Crippen LogP) is 1.91. The number of aromatic nitrogens is 2. The van der Waals surface area contributed by atoms with Crippen LogP contribution in [0.3, 0.4) is 0 Å². The van der Waals surface area contributed by atoms with Gasteiger partial charge in [0.15, 0.2) is 0 Å². The van der Waals surface area contributed by atoms with Crippen molar-refractivity contribution in [3.05, 3.63) is 12.4 Å². The number of hydrogen-bond donors (Lipinski definition) is 2. The molecule has 1 saturated heterocycles. The van der Waals surface area contributed by atoms with Gasteiger partial charge < -0.3 is 15.4 Å². The highest BCUT2D eigenvalue weighted by Crippen LogP contribution is 2.18. The molecule has 0 radical (unpaired) electrons. The van der Waals surface area contributed by atoms with Gasteiger partial charge in [-0.3, -0.25) is 9.58 Å². The van der Waals surface area contributed by atoms with Crippen molar-refractivity contribution in [1.82, 2.24) is 20.0 Å². The van der Waals surface area contributed by atoms with Gasteiger partial charge in [-0.1, -0.05) is 6.42 Å². The third-order valence-corrected chi connectivity index (χ3v) is 4.39. The second-order valence-corrected chi connectivity index (χ2v) is 6.25. The first-order valence-electron chi connectivity index (χ1n) is 8.42. The number of amides is 2. The Kier molecular flexibility index (Phi) is 6.85. The SMILES string of the molecule is COCCn1cc(NC(=O)NC[C@@H](C)N2CCCC[C@H]2C)cn1. The molecular weight excluding hydrogens is 294 g/mol. The zero-order chi connectivity index (χ0) is 16.7. The van der Waals surface area contributed by atoms with E-state index in [0.29, 0.717) is 37.5 Å². The molecule has 1 aliphatic rings. The summed E-state index contributed by atoms with van der Waals surface area (Å²) in [6.45, 7) is 7.48. The second-order valence-electron chi connectivity index (χ2n) is 6.25. The van der Waals surface area contributed by atoms with E-state index in [1.807, 2.05) is 0 Å². The number of anilines is 1. The molecule has 2 atom stereocenters. The standard InChI is InChI=1S/C16H29N5O2/c1-13-6-4-5-7-21(13)14(2)10-17-16(22)19-15-11-18-20(12-15)8-9-23-3/h11-14H,4-10H2,1-3H3,(H2,17,19,22)/t13-,14-/m1/s1. The van der Waals surface area contributed by atoms with Gasteiger partial charge in [0, 0.05) is 31.9 Å². The first-order chi connectivity index (χ1) is 11.1. The molecule has 1 fully saturated rings. The lowest BCUT2D eigenvalue weighted by atomic mass is 10.0. The maximum absolute atomic E-state index is 12.0. The number of carbonyl (C=O) groups is 1. The van der Waals surface area contributed by atoms with Crippen LogP contribution in [0.4, 0.5) is 10.5 Å². The van der Waals surface area contributed by atoms with Crippen molar-refractivity contribution in [3.8, 4) is 0 Å². The van der Waals surface area contributed by atoms with E-state index in [9.17, 15) is 4.79 Å². The highest BCUT2D eigenvalue weighted by molar-refractivity contribution is 5.88. The lowest BCUT2D eigenvalue weighted by Gasteiger charge is -2.38. The van der Waals surface area contributed by atoms with Crippen molar-refractivity contribution < 1.29 is 9.53 Å². The largest absolute Gasteiger partial charge is 0.383 e. The molecule has 2 amide bonds. The number of nitrogens with one attached hydrogen (secondary N) is 2. The summed E-state index contributed by atoms with van der Waals surface area (Å²) in [6.07, 6.45) is 7.25. The number of piperidine rings is 1. The Balaban J connectivity index is 1.72. The molecule has 1 aromatic heterocycles. The third kappa shape index (κ3) is 5.51. The predicted molar refractivity (Wildman–Crippen MR) is 90.6 cm³/mol. The Labute approximate surface area is 138 Å². The quantitative estimate of drug-likeness (QED) is 0.804. The molecular formula is C16H29N5O2. The highest BCUT2D eigenvalue weighted by Gasteiger charge is 2.23. The number of methoxy groups -OCH3 is 1. The van der Waals surface area contributed by atoms with E-state index in [-0.39, 0.29) is 6.03 Å². The summed E-state index contributed by atoms with van der Waals surface area (Å²) in [5, 5.41) is 9.93. The van der Waals surface area contributed by atoms with Gasteiger partial charge in [0.1, 0.15) is 0 Å². The molecule has 2 rings (SSSR count). The molecule has 7 nitrogen and oxygen atoms in total. The molecule has 1 aliphatic heterocycles. The zero-order valence-electron chi connectivity index (χ0n) is 14.4. The first-order valence-corrected chi connectivity index (χ1v) is 8.42. The van der Waals surface area contributed by atoms with Crippen LogP contribution >= 0.6 is 0 Å². The van der Waals surface area contributed by atoms with Gasteiger partial charge >= 0.3 is 6.03 Å². The Morgan fingerprint density at radius 3 is 3.09 bits per heavy atom. The van der Waals surface area contributed by atoms with Gasteiger partial charge in [-0.25, -0.2) is 4.79 Å². The number of urea groups is 1. The van der Waals surface area contributed by atoms with Gasteiger partial charge in [-0.15, -0.1) is 0 Å². The summed E-state index contributed by atoms with van der Waals surface area (Å²) in [4.78, 5) is 14.5. The van der Waals surface area contributed by atoms with E-state index in [1.165, 1.54) is 19.3 Å². The van der Waals surface area contributed by atoms with Gasteiger partial charge in [0.05, 0.1) is 25.0 Å². The average molecular weight is 323 g/mol. The van der Waals surface area contributed by atoms with Crippen LogP contribution in [0.1, 0.15) is 33.1 Å². The van der Waals surface area contributed by atoms with Crippen molar-refractivity contribution >= 4 is 11.7 Å². The smallest absolute Gasteiger partial charge is 0.319 e. The third-order valence-electron chi connectivity index (χ3n) is 4.39. The van der Waals surface area contributed by atoms with Crippen LogP contribution in [0, 0.1) is 0 Å². The van der Waals surface area contributed by atoms with Crippen LogP contribution in [0.15, 0.2) is 12.4 Å². The number of ether oxygens (including phenoxy) is 1. The maximum atomic E-state index is 12.0. The molecule has 2 N–H and O–H groups in total. The van der Waals surface area contributed by atoms with E-state index in [0.717, 1.165) is 6.54 Å². The van der Waals surface area contributed by atoms with Crippen molar-refractivity contribution in [2.75, 3.05) is 32.1 Å². The fourth-order valence-electron chi connectivity index (χ4n) is 3.04. The Morgan fingerprint density at radius 1 is 1.52 bits per heavy atom. The van der Waals surface area contributed by atoms with Gasteiger partial charge in [0.25, 0.3) is 0 Å². The molecule has 0 aliphatic carbocycles. The number of hydrogen-bond acceptors (Lipinski definition) is 4. The molecule has 7 heteroatoms. The number of likely N-dealkylation sites (tertiary alicyclic amines) is 1. The lowest BCUT2D eigenvalue weighted by molar-refractivity contribution is 0.114. The molecule has 130 valence electrons. The fraction of sp³-hybridized carbons (Fsp3) is 0.750. The molecule has 0 aromatic carbocycles. The van der Waals surface area contributed by atoms with E-state index in [2.05, 4.69) is 34.5 Å². The zero-order valence-corrected chi connectivity index (χ0v) is 14.4. The van der Waals surface area contributed by atoms with Crippen molar-refractivity contribution in [2.24, 2.45) is 0 Å². The molecule has 23 heavy (non-hydrogen) atoms. The van der Waals surface area contributed by atoms with Crippen molar-refractivity contribution in [2.45, 2.75) is 51.7 Å². The van der Waals surface area contributed by atoms with Crippen LogP contribution < -0.4 is 10.6 Å². The fourth-order valence-corrected chi connectivity index (χ4v) is 3.04. The molecule has 2 heterocycles. The topological polar surface area (TPSA) is 71.4 Å². The number of rotatable bonds is 7. The molecule has 0 bridgehead atoms. The van der Waals surface area contributed by atoms with E-state index in [4.69, 9.17) is 4.74 Å². The van der Waals surface area contributed by atoms with E-state index >= 15 is 0 Å². The highest BCUT2D eigenvalue weighted by atomic mass is 16.5. The minimum atomic E-state index is -0.187. The Hall–Kier alpha value is -1.60. The summed E-state index contributed by atoms with van der Waals surface area (Å²) < 4.78 is 6.75. The minimum Gasteiger partial charge on any atom is -0.383 e.